The van der Waals surface area contributed by atoms with Gasteiger partial charge in [-0.15, -0.1) is 10.2 Å². The van der Waals surface area contributed by atoms with Crippen LogP contribution in [0.3, 0.4) is 0 Å². The van der Waals surface area contributed by atoms with E-state index in [2.05, 4.69) is 26.8 Å². The second kappa shape index (κ2) is 4.45. The van der Waals surface area contributed by atoms with Crippen molar-refractivity contribution in [3.8, 4) is 0 Å². The van der Waals surface area contributed by atoms with Crippen molar-refractivity contribution < 1.29 is 0 Å². The Labute approximate surface area is 101 Å². The minimum Gasteiger partial charge on any atom is -0.307 e. The van der Waals surface area contributed by atoms with Crippen molar-refractivity contribution in [2.75, 3.05) is 6.54 Å². The van der Waals surface area contributed by atoms with E-state index in [1.54, 1.807) is 0 Å². The highest BCUT2D eigenvalue weighted by molar-refractivity contribution is 5.37. The predicted octanol–water partition coefficient (Wildman–Crippen LogP) is 2.18. The molecule has 1 N–H and O–H groups in total. The molecule has 0 amide bonds. The Morgan fingerprint density at radius 2 is 2.29 bits per heavy atom. The van der Waals surface area contributed by atoms with Gasteiger partial charge >= 0.3 is 0 Å². The van der Waals surface area contributed by atoms with Crippen LogP contribution in [0.1, 0.15) is 38.1 Å². The third-order valence-corrected chi connectivity index (χ3v) is 3.66. The molecule has 2 aromatic heterocycles. The summed E-state index contributed by atoms with van der Waals surface area (Å²) < 4.78 is 2.05. The lowest BCUT2D eigenvalue weighted by molar-refractivity contribution is 0.290. The molecular formula is C13H18N4. The highest BCUT2D eigenvalue weighted by Crippen LogP contribution is 2.26. The largest absolute Gasteiger partial charge is 0.307 e. The molecule has 17 heavy (non-hydrogen) atoms. The smallest absolute Gasteiger partial charge is 0.160 e. The van der Waals surface area contributed by atoms with Gasteiger partial charge in [-0.3, -0.25) is 4.40 Å². The van der Waals surface area contributed by atoms with Crippen LogP contribution in [0.25, 0.3) is 5.65 Å². The normalized spacial score (nSPS) is 18.2. The minimum atomic E-state index is 0.257. The van der Waals surface area contributed by atoms with Gasteiger partial charge in [-0.25, -0.2) is 0 Å². The van der Waals surface area contributed by atoms with Crippen molar-refractivity contribution in [2.24, 2.45) is 5.92 Å². The highest BCUT2D eigenvalue weighted by atomic mass is 15.3. The maximum atomic E-state index is 4.27. The average molecular weight is 230 g/mol. The number of hydrogen-bond acceptors (Lipinski definition) is 3. The number of nitrogens with zero attached hydrogens (tertiary/aromatic N) is 3. The molecule has 0 saturated heterocycles. The van der Waals surface area contributed by atoms with Crippen LogP contribution in [0.2, 0.25) is 0 Å². The molecule has 2 heterocycles. The Morgan fingerprint density at radius 1 is 1.41 bits per heavy atom. The van der Waals surface area contributed by atoms with Gasteiger partial charge in [0.15, 0.2) is 11.5 Å². The molecule has 1 unspecified atom stereocenters. The van der Waals surface area contributed by atoms with E-state index in [1.807, 2.05) is 24.4 Å². The molecule has 4 nitrogen and oxygen atoms in total. The molecule has 1 saturated carbocycles. The van der Waals surface area contributed by atoms with Crippen molar-refractivity contribution in [2.45, 2.75) is 32.2 Å². The summed E-state index contributed by atoms with van der Waals surface area (Å²) in [6, 6.07) is 6.24. The van der Waals surface area contributed by atoms with E-state index < -0.39 is 0 Å². The Morgan fingerprint density at radius 3 is 3.06 bits per heavy atom. The zero-order valence-electron chi connectivity index (χ0n) is 10.1. The minimum absolute atomic E-state index is 0.257. The van der Waals surface area contributed by atoms with Crippen molar-refractivity contribution in [3.63, 3.8) is 0 Å². The van der Waals surface area contributed by atoms with Gasteiger partial charge in [0.05, 0.1) is 6.04 Å². The molecule has 1 aliphatic rings. The second-order valence-electron chi connectivity index (χ2n) is 4.91. The predicted molar refractivity (Wildman–Crippen MR) is 66.7 cm³/mol. The van der Waals surface area contributed by atoms with Gasteiger partial charge in [-0.2, -0.15) is 0 Å². The van der Waals surface area contributed by atoms with Crippen LogP contribution in [-0.4, -0.2) is 21.1 Å². The number of fused-ring (bicyclic) bond motifs is 1. The van der Waals surface area contributed by atoms with E-state index in [4.69, 9.17) is 0 Å². The summed E-state index contributed by atoms with van der Waals surface area (Å²) >= 11 is 0. The van der Waals surface area contributed by atoms with E-state index in [0.29, 0.717) is 0 Å². The molecule has 0 aromatic carbocycles. The molecule has 90 valence electrons. The Hall–Kier alpha value is -1.42. The SMILES string of the molecule is CC(NCC1CCC1)c1nnc2ccccn12. The standard InChI is InChI=1S/C13H18N4/c1-10(14-9-11-5-4-6-11)13-16-15-12-7-2-3-8-17(12)13/h2-3,7-8,10-11,14H,4-6,9H2,1H3. The first kappa shape index (κ1) is 10.7. The van der Waals surface area contributed by atoms with Gasteiger partial charge in [-0.1, -0.05) is 12.5 Å². The molecule has 0 spiro atoms. The molecule has 0 radical (unpaired) electrons. The fourth-order valence-corrected chi connectivity index (χ4v) is 2.29. The van der Waals surface area contributed by atoms with E-state index in [9.17, 15) is 0 Å². The summed E-state index contributed by atoms with van der Waals surface area (Å²) in [7, 11) is 0. The topological polar surface area (TPSA) is 42.2 Å². The van der Waals surface area contributed by atoms with E-state index >= 15 is 0 Å². The third-order valence-electron chi connectivity index (χ3n) is 3.66. The monoisotopic (exact) mass is 230 g/mol. The van der Waals surface area contributed by atoms with E-state index in [0.717, 1.165) is 23.9 Å². The first-order valence-corrected chi connectivity index (χ1v) is 6.37. The second-order valence-corrected chi connectivity index (χ2v) is 4.91. The molecular weight excluding hydrogens is 212 g/mol. The van der Waals surface area contributed by atoms with Crippen LogP contribution < -0.4 is 5.32 Å². The summed E-state index contributed by atoms with van der Waals surface area (Å²) in [6.07, 6.45) is 6.17. The van der Waals surface area contributed by atoms with Crippen LogP contribution in [0.5, 0.6) is 0 Å². The van der Waals surface area contributed by atoms with Gasteiger partial charge in [0.1, 0.15) is 0 Å². The quantitative estimate of drug-likeness (QED) is 0.875. The van der Waals surface area contributed by atoms with Crippen LogP contribution in [-0.2, 0) is 0 Å². The van der Waals surface area contributed by atoms with Gasteiger partial charge in [0.2, 0.25) is 0 Å². The number of pyridine rings is 1. The number of aromatic nitrogens is 3. The van der Waals surface area contributed by atoms with E-state index in [-0.39, 0.29) is 6.04 Å². The first-order chi connectivity index (χ1) is 8.34. The lowest BCUT2D eigenvalue weighted by Crippen LogP contribution is -2.30. The number of hydrogen-bond donors (Lipinski definition) is 1. The van der Waals surface area contributed by atoms with Crippen LogP contribution >= 0.6 is 0 Å². The number of rotatable bonds is 4. The Balaban J connectivity index is 1.73. The molecule has 0 bridgehead atoms. The maximum Gasteiger partial charge on any atom is 0.160 e. The first-order valence-electron chi connectivity index (χ1n) is 6.37. The lowest BCUT2D eigenvalue weighted by Gasteiger charge is -2.26. The van der Waals surface area contributed by atoms with Gasteiger partial charge in [-0.05, 0) is 44.4 Å². The summed E-state index contributed by atoms with van der Waals surface area (Å²) in [5.74, 6) is 1.87. The summed E-state index contributed by atoms with van der Waals surface area (Å²) in [4.78, 5) is 0. The number of nitrogens with one attached hydrogen (secondary N) is 1. The van der Waals surface area contributed by atoms with Crippen LogP contribution in [0.15, 0.2) is 24.4 Å². The fourth-order valence-electron chi connectivity index (χ4n) is 2.29. The molecule has 1 aliphatic carbocycles. The Bertz CT molecular complexity index is 501. The zero-order valence-corrected chi connectivity index (χ0v) is 10.1. The van der Waals surface area contributed by atoms with Gasteiger partial charge in [0, 0.05) is 6.20 Å². The van der Waals surface area contributed by atoms with Gasteiger partial charge < -0.3 is 5.32 Å². The maximum absolute atomic E-state index is 4.27. The van der Waals surface area contributed by atoms with Crippen LogP contribution in [0.4, 0.5) is 0 Å². The average Bonchev–Trinajstić information content (AvgIpc) is 2.70. The van der Waals surface area contributed by atoms with E-state index in [1.165, 1.54) is 19.3 Å². The lowest BCUT2D eigenvalue weighted by atomic mass is 9.85. The van der Waals surface area contributed by atoms with Crippen molar-refractivity contribution in [1.82, 2.24) is 19.9 Å². The summed E-state index contributed by atoms with van der Waals surface area (Å²) in [6.45, 7) is 3.25. The van der Waals surface area contributed by atoms with Crippen molar-refractivity contribution in [3.05, 3.63) is 30.2 Å². The molecule has 3 rings (SSSR count). The molecule has 1 atom stereocenters. The molecule has 0 aliphatic heterocycles. The van der Waals surface area contributed by atoms with Crippen LogP contribution in [0, 0.1) is 5.92 Å². The zero-order chi connectivity index (χ0) is 11.7. The molecule has 1 fully saturated rings. The fraction of sp³-hybridized carbons (Fsp3) is 0.538. The van der Waals surface area contributed by atoms with Crippen molar-refractivity contribution >= 4 is 5.65 Å². The summed E-state index contributed by atoms with van der Waals surface area (Å²) in [5.41, 5.74) is 0.916. The third kappa shape index (κ3) is 2.05. The van der Waals surface area contributed by atoms with Gasteiger partial charge in [0.25, 0.3) is 0 Å². The summed E-state index contributed by atoms with van der Waals surface area (Å²) in [5, 5.41) is 12.0. The molecule has 4 heteroatoms. The Kier molecular flexibility index (Phi) is 2.81. The highest BCUT2D eigenvalue weighted by Gasteiger charge is 2.19. The molecule has 2 aromatic rings. The van der Waals surface area contributed by atoms with Crippen molar-refractivity contribution in [1.29, 1.82) is 0 Å².